The van der Waals surface area contributed by atoms with E-state index in [1.807, 2.05) is 24.3 Å². The fourth-order valence-electron chi connectivity index (χ4n) is 3.26. The van der Waals surface area contributed by atoms with Gasteiger partial charge in [-0.15, -0.1) is 0 Å². The fourth-order valence-corrected chi connectivity index (χ4v) is 3.46. The summed E-state index contributed by atoms with van der Waals surface area (Å²) in [7, 11) is 2.12. The summed E-state index contributed by atoms with van der Waals surface area (Å²) >= 11 is 5.93. The van der Waals surface area contributed by atoms with Gasteiger partial charge in [0.1, 0.15) is 0 Å². The van der Waals surface area contributed by atoms with Crippen LogP contribution in [-0.4, -0.2) is 53.9 Å². The molecule has 0 saturated carbocycles. The number of carbonyl (C=O) groups is 1. The van der Waals surface area contributed by atoms with Gasteiger partial charge in [0.05, 0.1) is 11.3 Å². The number of carbonyl (C=O) groups excluding carboxylic acids is 1. The SMILES string of the molecule is CN1CCN(Cc2cccc(NC(=O)Cc3cc(Cl)ccc3[N+](=O)[O-])c2)CC1. The highest BCUT2D eigenvalue weighted by Gasteiger charge is 2.17. The van der Waals surface area contributed by atoms with Gasteiger partial charge in [0.15, 0.2) is 0 Å². The number of likely N-dealkylation sites (N-methyl/N-ethyl adjacent to an activating group) is 1. The molecule has 1 N–H and O–H groups in total. The molecule has 1 fully saturated rings. The third-order valence-electron chi connectivity index (χ3n) is 4.80. The van der Waals surface area contributed by atoms with Gasteiger partial charge in [-0.25, -0.2) is 0 Å². The van der Waals surface area contributed by atoms with Crippen LogP contribution in [0, 0.1) is 10.1 Å². The van der Waals surface area contributed by atoms with Crippen molar-refractivity contribution in [1.82, 2.24) is 9.80 Å². The lowest BCUT2D eigenvalue weighted by Crippen LogP contribution is -2.43. The molecule has 0 radical (unpaired) electrons. The van der Waals surface area contributed by atoms with Crippen LogP contribution in [0.5, 0.6) is 0 Å². The monoisotopic (exact) mass is 402 g/mol. The van der Waals surface area contributed by atoms with Gasteiger partial charge in [-0.05, 0) is 36.9 Å². The average Bonchev–Trinajstić information content (AvgIpc) is 2.63. The molecule has 0 atom stereocenters. The summed E-state index contributed by atoms with van der Waals surface area (Å²) in [4.78, 5) is 27.8. The molecular formula is C20H23ClN4O3. The summed E-state index contributed by atoms with van der Waals surface area (Å²) in [5.74, 6) is -0.317. The highest BCUT2D eigenvalue weighted by atomic mass is 35.5. The summed E-state index contributed by atoms with van der Waals surface area (Å²) in [6.07, 6.45) is -0.112. The molecule has 1 aliphatic heterocycles. The number of anilines is 1. The zero-order chi connectivity index (χ0) is 20.1. The van der Waals surface area contributed by atoms with E-state index in [0.29, 0.717) is 16.3 Å². The number of amides is 1. The van der Waals surface area contributed by atoms with Crippen LogP contribution in [0.3, 0.4) is 0 Å². The molecule has 1 amide bonds. The van der Waals surface area contributed by atoms with E-state index in [9.17, 15) is 14.9 Å². The zero-order valence-electron chi connectivity index (χ0n) is 15.7. The van der Waals surface area contributed by atoms with Crippen LogP contribution < -0.4 is 5.32 Å². The molecule has 1 aliphatic rings. The summed E-state index contributed by atoms with van der Waals surface area (Å²) in [5, 5.41) is 14.3. The van der Waals surface area contributed by atoms with Gasteiger partial charge in [0.2, 0.25) is 5.91 Å². The highest BCUT2D eigenvalue weighted by molar-refractivity contribution is 6.30. The van der Waals surface area contributed by atoms with Gasteiger partial charge in [0.25, 0.3) is 5.69 Å². The van der Waals surface area contributed by atoms with Crippen molar-refractivity contribution in [2.45, 2.75) is 13.0 Å². The maximum Gasteiger partial charge on any atom is 0.273 e. The van der Waals surface area contributed by atoms with E-state index in [4.69, 9.17) is 11.6 Å². The van der Waals surface area contributed by atoms with E-state index >= 15 is 0 Å². The maximum absolute atomic E-state index is 12.4. The van der Waals surface area contributed by atoms with E-state index in [0.717, 1.165) is 38.3 Å². The fraction of sp³-hybridized carbons (Fsp3) is 0.350. The van der Waals surface area contributed by atoms with Crippen molar-refractivity contribution in [1.29, 1.82) is 0 Å². The summed E-state index contributed by atoms with van der Waals surface area (Å²) < 4.78 is 0. The molecule has 0 spiro atoms. The number of nitrogens with one attached hydrogen (secondary N) is 1. The minimum Gasteiger partial charge on any atom is -0.326 e. The summed E-state index contributed by atoms with van der Waals surface area (Å²) in [6.45, 7) is 4.97. The molecule has 2 aromatic rings. The predicted octanol–water partition coefficient (Wildman–Crippen LogP) is 3.18. The molecule has 1 saturated heterocycles. The first-order valence-electron chi connectivity index (χ1n) is 9.13. The smallest absolute Gasteiger partial charge is 0.273 e. The lowest BCUT2D eigenvalue weighted by atomic mass is 10.1. The number of nitrogens with zero attached hydrogens (tertiary/aromatic N) is 3. The Kier molecular flexibility index (Phi) is 6.61. The van der Waals surface area contributed by atoms with E-state index in [1.165, 1.54) is 18.2 Å². The number of benzene rings is 2. The van der Waals surface area contributed by atoms with Crippen LogP contribution in [0.25, 0.3) is 0 Å². The number of hydrogen-bond acceptors (Lipinski definition) is 5. The number of nitro benzene ring substituents is 1. The van der Waals surface area contributed by atoms with Gasteiger partial charge >= 0.3 is 0 Å². The van der Waals surface area contributed by atoms with E-state index in [-0.39, 0.29) is 18.0 Å². The molecule has 7 nitrogen and oxygen atoms in total. The number of piperazine rings is 1. The summed E-state index contributed by atoms with van der Waals surface area (Å²) in [6, 6.07) is 11.9. The van der Waals surface area contributed by atoms with Gasteiger partial charge < -0.3 is 10.2 Å². The molecule has 0 bridgehead atoms. The Morgan fingerprint density at radius 2 is 1.93 bits per heavy atom. The molecule has 8 heteroatoms. The predicted molar refractivity (Wildman–Crippen MR) is 110 cm³/mol. The molecule has 1 heterocycles. The van der Waals surface area contributed by atoms with Crippen molar-refractivity contribution in [2.24, 2.45) is 0 Å². The standard InChI is InChI=1S/C20H23ClN4O3/c1-23-7-9-24(10-8-23)14-15-3-2-4-18(11-15)22-20(26)13-16-12-17(21)5-6-19(16)25(27)28/h2-6,11-12H,7-10,13-14H2,1H3,(H,22,26). The van der Waals surface area contributed by atoms with Crippen LogP contribution in [0.4, 0.5) is 11.4 Å². The van der Waals surface area contributed by atoms with Crippen LogP contribution in [0.2, 0.25) is 5.02 Å². The lowest BCUT2D eigenvalue weighted by Gasteiger charge is -2.32. The van der Waals surface area contributed by atoms with E-state index < -0.39 is 4.92 Å². The van der Waals surface area contributed by atoms with Crippen molar-refractivity contribution in [3.8, 4) is 0 Å². The van der Waals surface area contributed by atoms with Crippen molar-refractivity contribution < 1.29 is 9.72 Å². The molecule has 0 aromatic heterocycles. The molecule has 0 unspecified atom stereocenters. The number of nitro groups is 1. The third kappa shape index (κ3) is 5.51. The number of hydrogen-bond donors (Lipinski definition) is 1. The van der Waals surface area contributed by atoms with Crippen molar-refractivity contribution in [3.63, 3.8) is 0 Å². The van der Waals surface area contributed by atoms with Gasteiger partial charge in [-0.1, -0.05) is 23.7 Å². The molecule has 3 rings (SSSR count). The van der Waals surface area contributed by atoms with Crippen molar-refractivity contribution in [2.75, 3.05) is 38.5 Å². The van der Waals surface area contributed by atoms with Crippen LogP contribution in [-0.2, 0) is 17.8 Å². The number of rotatable bonds is 6. The first kappa shape index (κ1) is 20.3. The summed E-state index contributed by atoms with van der Waals surface area (Å²) in [5.41, 5.74) is 1.99. The van der Waals surface area contributed by atoms with E-state index in [2.05, 4.69) is 22.2 Å². The normalized spacial score (nSPS) is 15.4. The molecular weight excluding hydrogens is 380 g/mol. The second-order valence-electron chi connectivity index (χ2n) is 7.03. The Balaban J connectivity index is 1.63. The van der Waals surface area contributed by atoms with Crippen LogP contribution in [0.1, 0.15) is 11.1 Å². The first-order valence-corrected chi connectivity index (χ1v) is 9.51. The Morgan fingerprint density at radius 1 is 1.18 bits per heavy atom. The molecule has 2 aromatic carbocycles. The first-order chi connectivity index (χ1) is 13.4. The Labute approximate surface area is 169 Å². The second kappa shape index (κ2) is 9.14. The lowest BCUT2D eigenvalue weighted by molar-refractivity contribution is -0.385. The molecule has 148 valence electrons. The Bertz CT molecular complexity index is 866. The van der Waals surface area contributed by atoms with Gasteiger partial charge in [-0.3, -0.25) is 19.8 Å². The quantitative estimate of drug-likeness (QED) is 0.593. The maximum atomic E-state index is 12.4. The second-order valence-corrected chi connectivity index (χ2v) is 7.47. The number of halogens is 1. The van der Waals surface area contributed by atoms with Crippen molar-refractivity contribution in [3.05, 3.63) is 68.7 Å². The average molecular weight is 403 g/mol. The molecule has 0 aliphatic carbocycles. The Morgan fingerprint density at radius 3 is 2.64 bits per heavy atom. The van der Waals surface area contributed by atoms with Crippen LogP contribution in [0.15, 0.2) is 42.5 Å². The highest BCUT2D eigenvalue weighted by Crippen LogP contribution is 2.23. The largest absolute Gasteiger partial charge is 0.326 e. The van der Waals surface area contributed by atoms with Gasteiger partial charge in [-0.2, -0.15) is 0 Å². The third-order valence-corrected chi connectivity index (χ3v) is 5.04. The Hall–Kier alpha value is -2.48. The molecule has 28 heavy (non-hydrogen) atoms. The van der Waals surface area contributed by atoms with Crippen LogP contribution >= 0.6 is 11.6 Å². The van der Waals surface area contributed by atoms with Crippen molar-refractivity contribution >= 4 is 28.9 Å². The van der Waals surface area contributed by atoms with E-state index in [1.54, 1.807) is 0 Å². The topological polar surface area (TPSA) is 78.7 Å². The van der Waals surface area contributed by atoms with Gasteiger partial charge in [0, 0.05) is 55.1 Å². The zero-order valence-corrected chi connectivity index (χ0v) is 16.5. The minimum atomic E-state index is -0.504. The minimum absolute atomic E-state index is 0.108.